The number of nitrogens with zero attached hydrogens (tertiary/aromatic N) is 2. The normalized spacial score (nSPS) is 18.3. The molecular formula is C15H20N4OS. The minimum atomic E-state index is -0.113. The fourth-order valence-electron chi connectivity index (χ4n) is 2.81. The highest BCUT2D eigenvalue weighted by atomic mass is 32.1. The number of H-pyrrole nitrogens is 1. The van der Waals surface area contributed by atoms with Gasteiger partial charge in [0.2, 0.25) is 5.95 Å². The zero-order chi connectivity index (χ0) is 15.0. The standard InChI is InChI=1S/C15H20N4OS/c1-15(2,3)10-4-5-11-9(6-10)7-12(21-11)13(20)18-14-16-8-17-19-14/h7-8,10H,4-6H2,1-3H3,(H2,16,17,18,19,20)/t10-/m1/s1. The molecule has 5 nitrogen and oxygen atoms in total. The number of carbonyl (C=O) groups excluding carboxylic acids is 1. The van der Waals surface area contributed by atoms with Crippen LogP contribution in [0.15, 0.2) is 12.4 Å². The number of thiophene rings is 1. The van der Waals surface area contributed by atoms with Crippen LogP contribution < -0.4 is 5.32 Å². The van der Waals surface area contributed by atoms with Gasteiger partial charge in [0.15, 0.2) is 0 Å². The van der Waals surface area contributed by atoms with E-state index in [0.717, 1.165) is 17.7 Å². The molecular weight excluding hydrogens is 284 g/mol. The van der Waals surface area contributed by atoms with E-state index in [0.29, 0.717) is 17.3 Å². The molecule has 1 aliphatic rings. The lowest BCUT2D eigenvalue weighted by Crippen LogP contribution is -2.26. The summed E-state index contributed by atoms with van der Waals surface area (Å²) in [7, 11) is 0. The lowest BCUT2D eigenvalue weighted by molar-refractivity contribution is 0.102. The van der Waals surface area contributed by atoms with Crippen LogP contribution in [0.3, 0.4) is 0 Å². The van der Waals surface area contributed by atoms with Crippen LogP contribution >= 0.6 is 11.3 Å². The maximum absolute atomic E-state index is 12.2. The van der Waals surface area contributed by atoms with Gasteiger partial charge in [-0.2, -0.15) is 10.1 Å². The second-order valence-corrected chi connectivity index (χ2v) is 7.79. The van der Waals surface area contributed by atoms with E-state index in [4.69, 9.17) is 0 Å². The molecule has 2 N–H and O–H groups in total. The first kappa shape index (κ1) is 14.3. The van der Waals surface area contributed by atoms with Gasteiger partial charge in [-0.1, -0.05) is 20.8 Å². The van der Waals surface area contributed by atoms with Crippen molar-refractivity contribution in [2.24, 2.45) is 11.3 Å². The van der Waals surface area contributed by atoms with Gasteiger partial charge in [-0.25, -0.2) is 5.10 Å². The summed E-state index contributed by atoms with van der Waals surface area (Å²) >= 11 is 1.60. The first-order valence-electron chi connectivity index (χ1n) is 7.22. The average molecular weight is 304 g/mol. The van der Waals surface area contributed by atoms with Crippen molar-refractivity contribution in [3.8, 4) is 0 Å². The smallest absolute Gasteiger partial charge is 0.268 e. The van der Waals surface area contributed by atoms with Crippen LogP contribution in [0.25, 0.3) is 0 Å². The second kappa shape index (κ2) is 5.26. The van der Waals surface area contributed by atoms with E-state index in [9.17, 15) is 4.79 Å². The number of aromatic amines is 1. The Bertz CT molecular complexity index is 639. The monoisotopic (exact) mass is 304 g/mol. The predicted molar refractivity (Wildman–Crippen MR) is 83.6 cm³/mol. The van der Waals surface area contributed by atoms with Gasteiger partial charge in [0.05, 0.1) is 4.88 Å². The molecule has 2 aromatic rings. The lowest BCUT2D eigenvalue weighted by atomic mass is 9.72. The summed E-state index contributed by atoms with van der Waals surface area (Å²) in [4.78, 5) is 18.2. The quantitative estimate of drug-likeness (QED) is 0.894. The minimum Gasteiger partial charge on any atom is -0.290 e. The van der Waals surface area contributed by atoms with Crippen molar-refractivity contribution >= 4 is 23.2 Å². The summed E-state index contributed by atoms with van der Waals surface area (Å²) in [6.45, 7) is 6.89. The third kappa shape index (κ3) is 3.00. The van der Waals surface area contributed by atoms with Crippen LogP contribution in [-0.4, -0.2) is 21.1 Å². The molecule has 0 fully saturated rings. The summed E-state index contributed by atoms with van der Waals surface area (Å²) in [6.07, 6.45) is 4.74. The Morgan fingerprint density at radius 2 is 2.29 bits per heavy atom. The van der Waals surface area contributed by atoms with Crippen molar-refractivity contribution in [2.75, 3.05) is 5.32 Å². The molecule has 0 aromatic carbocycles. The summed E-state index contributed by atoms with van der Waals surface area (Å²) in [5.41, 5.74) is 1.66. The van der Waals surface area contributed by atoms with E-state index < -0.39 is 0 Å². The molecule has 0 radical (unpaired) electrons. The number of aryl methyl sites for hydroxylation is 1. The highest BCUT2D eigenvalue weighted by Gasteiger charge is 2.30. The molecule has 1 atom stereocenters. The molecule has 0 spiro atoms. The summed E-state index contributed by atoms with van der Waals surface area (Å²) in [5.74, 6) is 0.960. The number of nitrogens with one attached hydrogen (secondary N) is 2. The van der Waals surface area contributed by atoms with E-state index in [1.807, 2.05) is 6.07 Å². The third-order valence-electron chi connectivity index (χ3n) is 4.18. The molecule has 0 saturated heterocycles. The molecule has 112 valence electrons. The molecule has 2 heterocycles. The first-order chi connectivity index (χ1) is 9.93. The molecule has 2 aromatic heterocycles. The summed E-state index contributed by atoms with van der Waals surface area (Å²) < 4.78 is 0. The van der Waals surface area contributed by atoms with Gasteiger partial charge >= 0.3 is 0 Å². The first-order valence-corrected chi connectivity index (χ1v) is 8.03. The van der Waals surface area contributed by atoms with Crippen molar-refractivity contribution in [1.29, 1.82) is 0 Å². The van der Waals surface area contributed by atoms with Crippen molar-refractivity contribution < 1.29 is 4.79 Å². The van der Waals surface area contributed by atoms with Crippen molar-refractivity contribution in [2.45, 2.75) is 40.0 Å². The van der Waals surface area contributed by atoms with E-state index in [1.54, 1.807) is 11.3 Å². The molecule has 1 aliphatic carbocycles. The minimum absolute atomic E-state index is 0.113. The molecule has 0 saturated carbocycles. The topological polar surface area (TPSA) is 70.7 Å². The Kier molecular flexibility index (Phi) is 3.57. The van der Waals surface area contributed by atoms with Gasteiger partial charge in [0.1, 0.15) is 6.33 Å². The van der Waals surface area contributed by atoms with Gasteiger partial charge in [-0.3, -0.25) is 10.1 Å². The van der Waals surface area contributed by atoms with E-state index >= 15 is 0 Å². The number of aromatic nitrogens is 3. The third-order valence-corrected chi connectivity index (χ3v) is 5.41. The average Bonchev–Trinajstić information content (AvgIpc) is 3.04. The van der Waals surface area contributed by atoms with E-state index in [2.05, 4.69) is 41.3 Å². The molecule has 0 unspecified atom stereocenters. The van der Waals surface area contributed by atoms with Gasteiger partial charge in [0, 0.05) is 4.88 Å². The van der Waals surface area contributed by atoms with E-state index in [-0.39, 0.29) is 5.91 Å². The molecule has 0 aliphatic heterocycles. The van der Waals surface area contributed by atoms with Crippen LogP contribution in [0.2, 0.25) is 0 Å². The maximum atomic E-state index is 12.2. The largest absolute Gasteiger partial charge is 0.290 e. The molecule has 21 heavy (non-hydrogen) atoms. The second-order valence-electron chi connectivity index (χ2n) is 6.65. The zero-order valence-corrected chi connectivity index (χ0v) is 13.4. The van der Waals surface area contributed by atoms with E-state index in [1.165, 1.54) is 23.2 Å². The number of anilines is 1. The van der Waals surface area contributed by atoms with Gasteiger partial charge < -0.3 is 0 Å². The SMILES string of the molecule is CC(C)(C)[C@@H]1CCc2sc(C(=O)Nc3ncn[nH]3)cc2C1. The lowest BCUT2D eigenvalue weighted by Gasteiger charge is -2.33. The molecule has 0 bridgehead atoms. The number of rotatable bonds is 2. The molecule has 1 amide bonds. The highest BCUT2D eigenvalue weighted by Crippen LogP contribution is 2.40. The number of hydrogen-bond donors (Lipinski definition) is 2. The fraction of sp³-hybridized carbons (Fsp3) is 0.533. The van der Waals surface area contributed by atoms with Crippen LogP contribution in [-0.2, 0) is 12.8 Å². The maximum Gasteiger partial charge on any atom is 0.268 e. The van der Waals surface area contributed by atoms with Crippen LogP contribution in [0.4, 0.5) is 5.95 Å². The van der Waals surface area contributed by atoms with Crippen LogP contribution in [0.1, 0.15) is 47.3 Å². The number of hydrogen-bond acceptors (Lipinski definition) is 4. The Balaban J connectivity index is 1.76. The van der Waals surface area contributed by atoms with Gasteiger partial charge in [-0.05, 0) is 42.2 Å². The Labute approximate surface area is 128 Å². The Morgan fingerprint density at radius 1 is 1.48 bits per heavy atom. The van der Waals surface area contributed by atoms with Crippen molar-refractivity contribution in [3.63, 3.8) is 0 Å². The fourth-order valence-corrected chi connectivity index (χ4v) is 3.91. The summed E-state index contributed by atoms with van der Waals surface area (Å²) in [5, 5.41) is 9.09. The van der Waals surface area contributed by atoms with Crippen molar-refractivity contribution in [3.05, 3.63) is 27.7 Å². The Hall–Kier alpha value is -1.69. The molecule has 6 heteroatoms. The summed E-state index contributed by atoms with van der Waals surface area (Å²) in [6, 6.07) is 2.05. The van der Waals surface area contributed by atoms with Crippen LogP contribution in [0.5, 0.6) is 0 Å². The predicted octanol–water partition coefficient (Wildman–Crippen LogP) is 3.27. The number of fused-ring (bicyclic) bond motifs is 1. The van der Waals surface area contributed by atoms with Gasteiger partial charge in [-0.15, -0.1) is 11.3 Å². The number of carbonyl (C=O) groups is 1. The zero-order valence-electron chi connectivity index (χ0n) is 12.6. The van der Waals surface area contributed by atoms with Crippen molar-refractivity contribution in [1.82, 2.24) is 15.2 Å². The highest BCUT2D eigenvalue weighted by molar-refractivity contribution is 7.14. The number of amides is 1. The molecule has 3 rings (SSSR count). The van der Waals surface area contributed by atoms with Gasteiger partial charge in [0.25, 0.3) is 5.91 Å². The van der Waals surface area contributed by atoms with Crippen LogP contribution in [0, 0.1) is 11.3 Å². The Morgan fingerprint density at radius 3 is 2.95 bits per heavy atom.